The number of morpholine rings is 1. The summed E-state index contributed by atoms with van der Waals surface area (Å²) >= 11 is 0. The summed E-state index contributed by atoms with van der Waals surface area (Å²) in [5, 5.41) is 2.28. The highest BCUT2D eigenvalue weighted by Crippen LogP contribution is 2.61. The number of hydrogen-bond acceptors (Lipinski definition) is 4. The lowest BCUT2D eigenvalue weighted by atomic mass is 9.71. The molecule has 4 heteroatoms. The van der Waals surface area contributed by atoms with E-state index in [1.165, 1.54) is 61.1 Å². The van der Waals surface area contributed by atoms with E-state index in [-0.39, 0.29) is 10.8 Å². The number of ether oxygens (including phenoxy) is 3. The molecule has 4 aliphatic rings. The monoisotopic (exact) mass is 709 g/mol. The molecule has 1 atom stereocenters. The summed E-state index contributed by atoms with van der Waals surface area (Å²) in [6.07, 6.45) is 6.75. The molecule has 0 aromatic heterocycles. The molecule has 2 heterocycles. The van der Waals surface area contributed by atoms with Gasteiger partial charge in [0.2, 0.25) is 0 Å². The Kier molecular flexibility index (Phi) is 7.45. The van der Waals surface area contributed by atoms with E-state index < -0.39 is 5.60 Å². The van der Waals surface area contributed by atoms with Crippen LogP contribution < -0.4 is 14.4 Å². The minimum atomic E-state index is -0.882. The van der Waals surface area contributed by atoms with Crippen LogP contribution in [-0.4, -0.2) is 33.4 Å². The molecule has 1 saturated heterocycles. The van der Waals surface area contributed by atoms with Crippen molar-refractivity contribution in [3.05, 3.63) is 154 Å². The third-order valence-electron chi connectivity index (χ3n) is 13.3. The first-order chi connectivity index (χ1) is 26.3. The van der Waals surface area contributed by atoms with Crippen LogP contribution in [0.15, 0.2) is 115 Å². The molecule has 2 aliphatic carbocycles. The van der Waals surface area contributed by atoms with E-state index in [0.29, 0.717) is 0 Å². The molecule has 0 N–H and O–H groups in total. The second-order valence-corrected chi connectivity index (χ2v) is 16.0. The average Bonchev–Trinajstić information content (AvgIpc) is 3.66. The van der Waals surface area contributed by atoms with Gasteiger partial charge in [0.15, 0.2) is 5.60 Å². The first-order valence-corrected chi connectivity index (χ1v) is 19.7. The fraction of sp³-hybridized carbons (Fsp3) is 0.280. The molecule has 270 valence electrons. The van der Waals surface area contributed by atoms with Crippen LogP contribution in [0.1, 0.15) is 79.5 Å². The number of rotatable bonds is 6. The molecular weight excluding hydrogens is 663 g/mol. The molecule has 0 radical (unpaired) electrons. The third-order valence-corrected chi connectivity index (χ3v) is 13.3. The van der Waals surface area contributed by atoms with E-state index in [1.54, 1.807) is 7.11 Å². The molecule has 10 rings (SSSR count). The van der Waals surface area contributed by atoms with Gasteiger partial charge >= 0.3 is 0 Å². The quantitative estimate of drug-likeness (QED) is 0.172. The zero-order valence-electron chi connectivity index (χ0n) is 32.0. The molecule has 0 saturated carbocycles. The Hall–Kier alpha value is -5.32. The van der Waals surface area contributed by atoms with Crippen molar-refractivity contribution in [3.63, 3.8) is 0 Å². The predicted octanol–water partition coefficient (Wildman–Crippen LogP) is 11.4. The molecule has 6 aromatic carbocycles. The largest absolute Gasteiger partial charge is 0.497 e. The van der Waals surface area contributed by atoms with Crippen LogP contribution >= 0.6 is 0 Å². The van der Waals surface area contributed by atoms with Gasteiger partial charge in [-0.15, -0.1) is 0 Å². The molecule has 2 aliphatic heterocycles. The van der Waals surface area contributed by atoms with E-state index in [0.717, 1.165) is 67.2 Å². The van der Waals surface area contributed by atoms with Gasteiger partial charge in [-0.2, -0.15) is 0 Å². The Morgan fingerprint density at radius 2 is 1.37 bits per heavy atom. The van der Waals surface area contributed by atoms with E-state index in [2.05, 4.69) is 154 Å². The molecule has 0 spiro atoms. The number of hydrogen-bond donors (Lipinski definition) is 0. The van der Waals surface area contributed by atoms with Gasteiger partial charge in [0.05, 0.1) is 20.3 Å². The van der Waals surface area contributed by atoms with E-state index in [9.17, 15) is 0 Å². The first kappa shape index (κ1) is 33.3. The smallest absolute Gasteiger partial charge is 0.178 e. The Bertz CT molecular complexity index is 2500. The number of fused-ring (bicyclic) bond motifs is 11. The lowest BCUT2D eigenvalue weighted by molar-refractivity contribution is 0.122. The molecule has 1 fully saturated rings. The minimum Gasteiger partial charge on any atom is -0.497 e. The third kappa shape index (κ3) is 4.47. The van der Waals surface area contributed by atoms with Gasteiger partial charge in [-0.05, 0) is 105 Å². The van der Waals surface area contributed by atoms with Crippen molar-refractivity contribution in [3.8, 4) is 33.8 Å². The standard InChI is InChI=1S/C50H47NO3/c1-6-49(7-2)43-15-11-9-13-39(43)45-38-23-21-35(52-5)31-41(38)47-40(46(45)49)24-25-50(54-47,32-16-19-34(20-17-32)51-26-28-53-29-27-51)33-18-22-37-36-12-8-10-14-42(36)48(3,4)44(37)30-33/h8-25,30-31H,6-7,26-29H2,1-5H3. The number of benzene rings is 6. The molecular formula is C50H47NO3. The number of nitrogens with zero attached hydrogens (tertiary/aromatic N) is 1. The van der Waals surface area contributed by atoms with Crippen molar-refractivity contribution in [1.82, 2.24) is 0 Å². The first-order valence-electron chi connectivity index (χ1n) is 19.7. The average molecular weight is 710 g/mol. The zero-order valence-corrected chi connectivity index (χ0v) is 32.0. The Morgan fingerprint density at radius 1 is 0.685 bits per heavy atom. The van der Waals surface area contributed by atoms with Gasteiger partial charge in [0, 0.05) is 51.7 Å². The zero-order chi connectivity index (χ0) is 36.8. The van der Waals surface area contributed by atoms with E-state index in [4.69, 9.17) is 14.2 Å². The summed E-state index contributed by atoms with van der Waals surface area (Å²) < 4.78 is 19.4. The molecule has 0 amide bonds. The van der Waals surface area contributed by atoms with Gasteiger partial charge in [0.1, 0.15) is 11.5 Å². The van der Waals surface area contributed by atoms with Crippen molar-refractivity contribution in [2.75, 3.05) is 38.3 Å². The van der Waals surface area contributed by atoms with Crippen LogP contribution in [-0.2, 0) is 21.2 Å². The normalized spacial score (nSPS) is 19.8. The predicted molar refractivity (Wildman–Crippen MR) is 221 cm³/mol. The highest BCUT2D eigenvalue weighted by Gasteiger charge is 2.47. The lowest BCUT2D eigenvalue weighted by Gasteiger charge is -2.40. The van der Waals surface area contributed by atoms with Crippen molar-refractivity contribution in [1.29, 1.82) is 0 Å². The topological polar surface area (TPSA) is 30.9 Å². The Morgan fingerprint density at radius 3 is 2.11 bits per heavy atom. The van der Waals surface area contributed by atoms with Gasteiger partial charge in [-0.1, -0.05) is 107 Å². The van der Waals surface area contributed by atoms with Gasteiger partial charge in [-0.25, -0.2) is 0 Å². The molecule has 1 unspecified atom stereocenters. The molecule has 54 heavy (non-hydrogen) atoms. The number of anilines is 1. The molecule has 4 nitrogen and oxygen atoms in total. The van der Waals surface area contributed by atoms with Crippen LogP contribution in [0.4, 0.5) is 5.69 Å². The van der Waals surface area contributed by atoms with Crippen molar-refractivity contribution in [2.45, 2.75) is 57.0 Å². The van der Waals surface area contributed by atoms with Crippen LogP contribution in [0.5, 0.6) is 11.5 Å². The van der Waals surface area contributed by atoms with E-state index >= 15 is 0 Å². The summed E-state index contributed by atoms with van der Waals surface area (Å²) in [7, 11) is 1.75. The Labute approximate surface area is 319 Å². The SMILES string of the molecule is CCC1(CC)c2ccccc2-c2c1c1c(c3cc(OC)ccc23)OC(c2ccc(N3CCOCC3)cc2)(c2ccc3c(c2)C(C)(C)c2ccccc2-3)C=C1. The van der Waals surface area contributed by atoms with Crippen LogP contribution in [0.25, 0.3) is 39.1 Å². The second kappa shape index (κ2) is 12.1. The van der Waals surface area contributed by atoms with Crippen LogP contribution in [0.3, 0.4) is 0 Å². The second-order valence-electron chi connectivity index (χ2n) is 16.0. The van der Waals surface area contributed by atoms with Crippen molar-refractivity contribution < 1.29 is 14.2 Å². The molecule has 0 bridgehead atoms. The van der Waals surface area contributed by atoms with Gasteiger partial charge in [0.25, 0.3) is 0 Å². The fourth-order valence-electron chi connectivity index (χ4n) is 10.4. The molecule has 6 aromatic rings. The maximum atomic E-state index is 7.83. The highest BCUT2D eigenvalue weighted by atomic mass is 16.5. The minimum absolute atomic E-state index is 0.124. The maximum absolute atomic E-state index is 7.83. The van der Waals surface area contributed by atoms with Crippen molar-refractivity contribution >= 4 is 22.5 Å². The Balaban J connectivity index is 1.24. The maximum Gasteiger partial charge on any atom is 0.178 e. The van der Waals surface area contributed by atoms with E-state index in [1.807, 2.05) is 0 Å². The summed E-state index contributed by atoms with van der Waals surface area (Å²) in [5.41, 5.74) is 14.3. The van der Waals surface area contributed by atoms with Crippen molar-refractivity contribution in [2.24, 2.45) is 0 Å². The van der Waals surface area contributed by atoms with Crippen LogP contribution in [0, 0.1) is 0 Å². The van der Waals surface area contributed by atoms with Crippen LogP contribution in [0.2, 0.25) is 0 Å². The fourth-order valence-corrected chi connectivity index (χ4v) is 10.4. The summed E-state index contributed by atoms with van der Waals surface area (Å²) in [5.74, 6) is 1.74. The lowest BCUT2D eigenvalue weighted by Crippen LogP contribution is -2.37. The number of methoxy groups -OCH3 is 1. The summed E-state index contributed by atoms with van der Waals surface area (Å²) in [4.78, 5) is 2.41. The van der Waals surface area contributed by atoms with Gasteiger partial charge < -0.3 is 19.1 Å². The summed E-state index contributed by atoms with van der Waals surface area (Å²) in [6, 6.07) is 40.6. The highest BCUT2D eigenvalue weighted by molar-refractivity contribution is 6.09. The van der Waals surface area contributed by atoms with Gasteiger partial charge in [-0.3, -0.25) is 0 Å². The summed E-state index contributed by atoms with van der Waals surface area (Å²) in [6.45, 7) is 12.7.